The maximum absolute atomic E-state index is 14.7. The molecule has 1 aliphatic carbocycles. The Bertz CT molecular complexity index is 1190. The van der Waals surface area contributed by atoms with Crippen LogP contribution in [0.1, 0.15) is 18.4 Å². The first-order valence-electron chi connectivity index (χ1n) is 8.39. The summed E-state index contributed by atoms with van der Waals surface area (Å²) < 4.78 is 39.3. The van der Waals surface area contributed by atoms with Gasteiger partial charge >= 0.3 is 0 Å². The van der Waals surface area contributed by atoms with Gasteiger partial charge in [0.15, 0.2) is 0 Å². The molecule has 0 spiro atoms. The average molecular weight is 388 g/mol. The van der Waals surface area contributed by atoms with Crippen LogP contribution in [-0.4, -0.2) is 28.7 Å². The number of nitrogens with zero attached hydrogens (tertiary/aromatic N) is 2. The Morgan fingerprint density at radius 1 is 1.22 bits per heavy atom. The van der Waals surface area contributed by atoms with Crippen molar-refractivity contribution in [1.82, 2.24) is 14.3 Å². The van der Waals surface area contributed by atoms with Crippen LogP contribution < -0.4 is 10.7 Å². The summed E-state index contributed by atoms with van der Waals surface area (Å²) in [6.07, 6.45) is 3.00. The Labute approximate surface area is 154 Å². The molecule has 0 saturated heterocycles. The fourth-order valence-electron chi connectivity index (χ4n) is 3.11. The van der Waals surface area contributed by atoms with Crippen molar-refractivity contribution in [3.63, 3.8) is 0 Å². The summed E-state index contributed by atoms with van der Waals surface area (Å²) in [6.45, 7) is -0.0972. The molecule has 1 saturated carbocycles. The van der Waals surface area contributed by atoms with Crippen LogP contribution in [0.25, 0.3) is 22.2 Å². The maximum Gasteiger partial charge on any atom is 0.277 e. The van der Waals surface area contributed by atoms with E-state index in [1.807, 2.05) is 0 Å². The van der Waals surface area contributed by atoms with Gasteiger partial charge in [0.05, 0.1) is 0 Å². The first kappa shape index (κ1) is 17.8. The monoisotopic (exact) mass is 388 g/mol. The molecule has 4 rings (SSSR count). The zero-order valence-corrected chi connectivity index (χ0v) is 15.0. The van der Waals surface area contributed by atoms with Crippen LogP contribution in [0.2, 0.25) is 0 Å². The Morgan fingerprint density at radius 2 is 2.00 bits per heavy atom. The molecule has 7 nitrogen and oxygen atoms in total. The van der Waals surface area contributed by atoms with E-state index in [0.717, 1.165) is 17.1 Å². The van der Waals surface area contributed by atoms with E-state index in [9.17, 15) is 17.6 Å². The van der Waals surface area contributed by atoms with Gasteiger partial charge < -0.3 is 4.98 Å². The predicted molar refractivity (Wildman–Crippen MR) is 99.4 cm³/mol. The van der Waals surface area contributed by atoms with E-state index >= 15 is 0 Å². The number of hydrogen-bond donors (Lipinski definition) is 2. The van der Waals surface area contributed by atoms with Crippen LogP contribution in [0.15, 0.2) is 47.4 Å². The van der Waals surface area contributed by atoms with Crippen LogP contribution in [0.4, 0.5) is 4.39 Å². The van der Waals surface area contributed by atoms with Crippen molar-refractivity contribution in [2.24, 2.45) is 5.14 Å². The molecule has 0 radical (unpaired) electrons. The number of nitrogens with two attached hydrogens (primary N) is 1. The molecule has 140 valence electrons. The van der Waals surface area contributed by atoms with Gasteiger partial charge in [-0.25, -0.2) is 14.5 Å². The minimum Gasteiger partial charge on any atom is -0.307 e. The van der Waals surface area contributed by atoms with Crippen LogP contribution in [0.3, 0.4) is 0 Å². The molecule has 2 heterocycles. The molecule has 3 N–H and O–H groups in total. The average Bonchev–Trinajstić information content (AvgIpc) is 3.43. The summed E-state index contributed by atoms with van der Waals surface area (Å²) in [5, 5.41) is 5.94. The van der Waals surface area contributed by atoms with Gasteiger partial charge in [-0.1, -0.05) is 12.1 Å². The van der Waals surface area contributed by atoms with Crippen LogP contribution in [-0.2, 0) is 16.8 Å². The SMILES string of the molecule is NS(=O)(=O)N(Cc1ccc(-c2ccnc3[nH]c(=O)ccc23)cc1F)C1CC1. The fraction of sp³-hybridized carbons (Fsp3) is 0.222. The number of hydrogen-bond acceptors (Lipinski definition) is 4. The Morgan fingerprint density at radius 3 is 2.67 bits per heavy atom. The maximum atomic E-state index is 14.7. The van der Waals surface area contributed by atoms with E-state index in [1.54, 1.807) is 24.3 Å². The summed E-state index contributed by atoms with van der Waals surface area (Å²) in [5.74, 6) is -0.517. The van der Waals surface area contributed by atoms with Crippen molar-refractivity contribution < 1.29 is 12.8 Å². The summed E-state index contributed by atoms with van der Waals surface area (Å²) in [4.78, 5) is 18.2. The molecule has 0 bridgehead atoms. The number of halogens is 1. The molecule has 1 aliphatic rings. The van der Waals surface area contributed by atoms with Gasteiger partial charge in [-0.3, -0.25) is 4.79 Å². The second-order valence-corrected chi connectivity index (χ2v) is 8.07. The van der Waals surface area contributed by atoms with E-state index in [1.165, 1.54) is 18.3 Å². The number of aromatic nitrogens is 2. The third-order valence-electron chi connectivity index (χ3n) is 4.60. The third kappa shape index (κ3) is 3.61. The zero-order chi connectivity index (χ0) is 19.2. The van der Waals surface area contributed by atoms with E-state index in [-0.39, 0.29) is 23.7 Å². The molecule has 1 aromatic carbocycles. The van der Waals surface area contributed by atoms with Gasteiger partial charge in [-0.15, -0.1) is 0 Å². The highest BCUT2D eigenvalue weighted by atomic mass is 32.2. The normalized spacial score (nSPS) is 14.8. The minimum atomic E-state index is -3.89. The van der Waals surface area contributed by atoms with Crippen molar-refractivity contribution in [2.75, 3.05) is 0 Å². The topological polar surface area (TPSA) is 109 Å². The van der Waals surface area contributed by atoms with Gasteiger partial charge in [0.25, 0.3) is 10.2 Å². The number of benzene rings is 1. The van der Waals surface area contributed by atoms with E-state index in [0.29, 0.717) is 22.2 Å². The van der Waals surface area contributed by atoms with E-state index in [2.05, 4.69) is 9.97 Å². The first-order valence-corrected chi connectivity index (χ1v) is 9.89. The van der Waals surface area contributed by atoms with Crippen molar-refractivity contribution in [1.29, 1.82) is 0 Å². The zero-order valence-electron chi connectivity index (χ0n) is 14.2. The smallest absolute Gasteiger partial charge is 0.277 e. The Kier molecular flexibility index (Phi) is 4.29. The highest BCUT2D eigenvalue weighted by molar-refractivity contribution is 7.86. The highest BCUT2D eigenvalue weighted by Gasteiger charge is 2.35. The van der Waals surface area contributed by atoms with Crippen LogP contribution >= 0.6 is 0 Å². The lowest BCUT2D eigenvalue weighted by atomic mass is 10.0. The summed E-state index contributed by atoms with van der Waals surface area (Å²) in [7, 11) is -3.89. The quantitative estimate of drug-likeness (QED) is 0.696. The molecule has 9 heteroatoms. The number of pyridine rings is 2. The number of H-pyrrole nitrogens is 1. The number of aromatic amines is 1. The van der Waals surface area contributed by atoms with Gasteiger partial charge in [0.1, 0.15) is 11.5 Å². The molecule has 27 heavy (non-hydrogen) atoms. The molecular weight excluding hydrogens is 371 g/mol. The second kappa shape index (κ2) is 6.52. The molecule has 1 fully saturated rings. The minimum absolute atomic E-state index is 0.0972. The van der Waals surface area contributed by atoms with Crippen molar-refractivity contribution in [2.45, 2.75) is 25.4 Å². The highest BCUT2D eigenvalue weighted by Crippen LogP contribution is 2.32. The Hall–Kier alpha value is -2.62. The lowest BCUT2D eigenvalue weighted by molar-refractivity contribution is 0.392. The largest absolute Gasteiger partial charge is 0.307 e. The van der Waals surface area contributed by atoms with E-state index in [4.69, 9.17) is 5.14 Å². The third-order valence-corrected chi connectivity index (χ3v) is 5.69. The number of rotatable bonds is 5. The number of fused-ring (bicyclic) bond motifs is 1. The standard InChI is InChI=1S/C18H17FN4O3S/c19-16-9-11(14-7-8-21-18-15(14)5-6-17(24)22-18)1-2-12(16)10-23(13-3-4-13)27(20,25)26/h1-2,5-9,13H,3-4,10H2,(H2,20,25,26)(H,21,22,24). The van der Waals surface area contributed by atoms with Gasteiger partial charge in [0, 0.05) is 35.8 Å². The molecule has 0 unspecified atom stereocenters. The Balaban J connectivity index is 1.71. The lowest BCUT2D eigenvalue weighted by Gasteiger charge is -2.19. The fourth-order valence-corrected chi connectivity index (χ4v) is 4.06. The van der Waals surface area contributed by atoms with E-state index < -0.39 is 16.0 Å². The molecule has 0 atom stereocenters. The lowest BCUT2D eigenvalue weighted by Crippen LogP contribution is -2.38. The summed E-state index contributed by atoms with van der Waals surface area (Å²) >= 11 is 0. The van der Waals surface area contributed by atoms with Crippen molar-refractivity contribution in [3.8, 4) is 11.1 Å². The number of nitrogens with one attached hydrogen (secondary N) is 1. The van der Waals surface area contributed by atoms with Crippen molar-refractivity contribution in [3.05, 3.63) is 64.3 Å². The predicted octanol–water partition coefficient (Wildman–Crippen LogP) is 1.90. The summed E-state index contributed by atoms with van der Waals surface area (Å²) in [6, 6.07) is 9.23. The van der Waals surface area contributed by atoms with Gasteiger partial charge in [0.2, 0.25) is 5.56 Å². The van der Waals surface area contributed by atoms with Gasteiger partial charge in [-0.2, -0.15) is 12.7 Å². The van der Waals surface area contributed by atoms with Crippen LogP contribution in [0.5, 0.6) is 0 Å². The molecule has 3 aromatic rings. The van der Waals surface area contributed by atoms with Crippen molar-refractivity contribution >= 4 is 21.2 Å². The van der Waals surface area contributed by atoms with Crippen LogP contribution in [0, 0.1) is 5.82 Å². The molecule has 0 aliphatic heterocycles. The molecular formula is C18H17FN4O3S. The second-order valence-electron chi connectivity index (χ2n) is 6.57. The first-order chi connectivity index (χ1) is 12.8. The molecule has 0 amide bonds. The van der Waals surface area contributed by atoms with Gasteiger partial charge in [-0.05, 0) is 42.2 Å². The molecule has 2 aromatic heterocycles. The summed E-state index contributed by atoms with van der Waals surface area (Å²) in [5.41, 5.74) is 1.72.